The van der Waals surface area contributed by atoms with Crippen molar-refractivity contribution in [1.29, 1.82) is 0 Å². The summed E-state index contributed by atoms with van der Waals surface area (Å²) in [5.41, 5.74) is 17.9. The van der Waals surface area contributed by atoms with Gasteiger partial charge in [0.25, 0.3) is 0 Å². The lowest BCUT2D eigenvalue weighted by Gasteiger charge is -2.28. The smallest absolute Gasteiger partial charge is 0.135 e. The predicted octanol–water partition coefficient (Wildman–Crippen LogP) is 16.8. The van der Waals surface area contributed by atoms with Gasteiger partial charge in [0, 0.05) is 44.2 Å². The van der Waals surface area contributed by atoms with Crippen molar-refractivity contribution in [3.8, 4) is 50.2 Å². The molecule has 2 aromatic heterocycles. The van der Waals surface area contributed by atoms with Gasteiger partial charge in [-0.3, -0.25) is 0 Å². The second kappa shape index (κ2) is 15.3. The Balaban J connectivity index is 0.991. The average Bonchev–Trinajstić information content (AvgIpc) is 3.91. The van der Waals surface area contributed by atoms with Gasteiger partial charge in [0.15, 0.2) is 0 Å². The molecule has 3 heteroatoms. The first-order valence-electron chi connectivity index (χ1n) is 21.5. The van der Waals surface area contributed by atoms with E-state index in [1.807, 2.05) is 12.1 Å². The molecule has 0 saturated heterocycles. The zero-order valence-corrected chi connectivity index (χ0v) is 34.4. The van der Waals surface area contributed by atoms with E-state index in [4.69, 9.17) is 4.42 Å². The summed E-state index contributed by atoms with van der Waals surface area (Å²) in [7, 11) is 0. The predicted molar refractivity (Wildman–Crippen MR) is 264 cm³/mol. The van der Waals surface area contributed by atoms with E-state index in [0.717, 1.165) is 66.9 Å². The largest absolute Gasteiger partial charge is 0.456 e. The highest BCUT2D eigenvalue weighted by atomic mass is 16.3. The van der Waals surface area contributed by atoms with E-state index in [9.17, 15) is 0 Å². The fourth-order valence-corrected chi connectivity index (χ4v) is 9.45. The van der Waals surface area contributed by atoms with Crippen LogP contribution in [0.4, 0.5) is 17.1 Å². The molecule has 0 amide bonds. The van der Waals surface area contributed by atoms with Crippen LogP contribution in [-0.4, -0.2) is 4.57 Å². The summed E-state index contributed by atoms with van der Waals surface area (Å²) in [6, 6.07) is 87.2. The van der Waals surface area contributed by atoms with Crippen molar-refractivity contribution in [3.05, 3.63) is 243 Å². The maximum Gasteiger partial charge on any atom is 0.135 e. The van der Waals surface area contributed by atoms with Crippen molar-refractivity contribution in [1.82, 2.24) is 4.57 Å². The second-order valence-corrected chi connectivity index (χ2v) is 16.1. The zero-order chi connectivity index (χ0) is 41.7. The normalized spacial score (nSPS) is 11.5. The van der Waals surface area contributed by atoms with E-state index in [1.54, 1.807) is 0 Å². The summed E-state index contributed by atoms with van der Waals surface area (Å²) in [6.45, 7) is 0. The molecule has 0 aliphatic carbocycles. The average molecular weight is 805 g/mol. The number of hydrogen-bond donors (Lipinski definition) is 0. The Kier molecular flexibility index (Phi) is 8.83. The first kappa shape index (κ1) is 36.5. The molecule has 12 aromatic rings. The molecule has 0 bridgehead atoms. The minimum Gasteiger partial charge on any atom is -0.456 e. The van der Waals surface area contributed by atoms with Gasteiger partial charge in [0.1, 0.15) is 11.2 Å². The molecular weight excluding hydrogens is 765 g/mol. The summed E-state index contributed by atoms with van der Waals surface area (Å²) in [5, 5.41) is 4.69. The highest BCUT2D eigenvalue weighted by molar-refractivity contribution is 6.16. The van der Waals surface area contributed by atoms with Gasteiger partial charge in [-0.15, -0.1) is 0 Å². The van der Waals surface area contributed by atoms with Crippen molar-refractivity contribution < 1.29 is 4.42 Å². The van der Waals surface area contributed by atoms with Gasteiger partial charge >= 0.3 is 0 Å². The fourth-order valence-electron chi connectivity index (χ4n) is 9.45. The SMILES string of the molecule is c1ccc(-c2ccc(N(c3ccc(-c4ccccc4)cc3)c3ccccc3-c3cccc(-c4cccc5c4c4ccccc4n5-c4ccc5oc6ccccc6c5c4)c3)cc2)cc1. The number of hydrogen-bond acceptors (Lipinski definition) is 2. The van der Waals surface area contributed by atoms with Gasteiger partial charge in [-0.05, 0) is 112 Å². The third-order valence-corrected chi connectivity index (χ3v) is 12.4. The van der Waals surface area contributed by atoms with Gasteiger partial charge in [-0.25, -0.2) is 0 Å². The Hall–Kier alpha value is -8.40. The first-order chi connectivity index (χ1) is 31.2. The molecular formula is C60H40N2O. The van der Waals surface area contributed by atoms with Gasteiger partial charge in [-0.1, -0.05) is 170 Å². The topological polar surface area (TPSA) is 21.3 Å². The lowest BCUT2D eigenvalue weighted by molar-refractivity contribution is 0.669. The third-order valence-electron chi connectivity index (χ3n) is 12.4. The van der Waals surface area contributed by atoms with Crippen molar-refractivity contribution >= 4 is 60.8 Å². The van der Waals surface area contributed by atoms with Crippen LogP contribution in [0.15, 0.2) is 247 Å². The molecule has 10 aromatic carbocycles. The molecule has 0 fully saturated rings. The summed E-state index contributed by atoms with van der Waals surface area (Å²) < 4.78 is 8.63. The van der Waals surface area contributed by atoms with Crippen LogP contribution in [0.25, 0.3) is 93.9 Å². The number of furan rings is 1. The van der Waals surface area contributed by atoms with E-state index < -0.39 is 0 Å². The molecule has 63 heavy (non-hydrogen) atoms. The summed E-state index contributed by atoms with van der Waals surface area (Å²) >= 11 is 0. The maximum atomic E-state index is 6.23. The quantitative estimate of drug-likeness (QED) is 0.153. The van der Waals surface area contributed by atoms with Crippen molar-refractivity contribution in [3.63, 3.8) is 0 Å². The lowest BCUT2D eigenvalue weighted by Crippen LogP contribution is -2.11. The van der Waals surface area contributed by atoms with Crippen LogP contribution in [0, 0.1) is 0 Å². The van der Waals surface area contributed by atoms with Gasteiger partial charge in [0.2, 0.25) is 0 Å². The fraction of sp³-hybridized carbons (Fsp3) is 0. The minimum atomic E-state index is 0.894. The standard InChI is InChI=1S/C60H40N2O/c1-3-15-41(16-4-1)43-29-33-47(34-30-43)61(48-35-31-44(32-36-48)42-17-5-2-6-18-42)55-25-10-7-21-50(55)45-19-13-20-46(39-45)51-24-14-27-57-60(51)53-23-8-11-26-56(53)62(57)49-37-38-59-54(40-49)52-22-9-12-28-58(52)63-59/h1-40H. The van der Waals surface area contributed by atoms with Gasteiger partial charge < -0.3 is 13.9 Å². The third kappa shape index (κ3) is 6.38. The number of fused-ring (bicyclic) bond motifs is 6. The summed E-state index contributed by atoms with van der Waals surface area (Å²) in [6.07, 6.45) is 0. The van der Waals surface area contributed by atoms with Crippen LogP contribution in [0.3, 0.4) is 0 Å². The highest BCUT2D eigenvalue weighted by Crippen LogP contribution is 2.44. The van der Waals surface area contributed by atoms with Crippen LogP contribution in [0.2, 0.25) is 0 Å². The molecule has 12 rings (SSSR count). The molecule has 0 spiro atoms. The lowest BCUT2D eigenvalue weighted by atomic mass is 9.94. The van der Waals surface area contributed by atoms with Crippen LogP contribution in [0.5, 0.6) is 0 Å². The van der Waals surface area contributed by atoms with E-state index in [-0.39, 0.29) is 0 Å². The number of aromatic nitrogens is 1. The Bertz CT molecular complexity index is 3520. The maximum absolute atomic E-state index is 6.23. The molecule has 0 aliphatic rings. The second-order valence-electron chi connectivity index (χ2n) is 16.1. The number of benzene rings is 10. The van der Waals surface area contributed by atoms with E-state index in [1.165, 1.54) is 44.1 Å². The molecule has 3 nitrogen and oxygen atoms in total. The van der Waals surface area contributed by atoms with Gasteiger partial charge in [0.05, 0.1) is 16.7 Å². The molecule has 0 radical (unpaired) electrons. The molecule has 0 atom stereocenters. The number of rotatable bonds is 8. The van der Waals surface area contributed by atoms with Crippen LogP contribution in [0.1, 0.15) is 0 Å². The van der Waals surface area contributed by atoms with Crippen LogP contribution in [-0.2, 0) is 0 Å². The Morgan fingerprint density at radius 3 is 1.54 bits per heavy atom. The Labute approximate surface area is 366 Å². The Morgan fingerprint density at radius 2 is 0.825 bits per heavy atom. The highest BCUT2D eigenvalue weighted by Gasteiger charge is 2.20. The van der Waals surface area contributed by atoms with Crippen molar-refractivity contribution in [2.75, 3.05) is 4.90 Å². The summed E-state index contributed by atoms with van der Waals surface area (Å²) in [4.78, 5) is 2.39. The number of para-hydroxylation sites is 3. The van der Waals surface area contributed by atoms with Gasteiger partial charge in [-0.2, -0.15) is 0 Å². The van der Waals surface area contributed by atoms with E-state index >= 15 is 0 Å². The number of nitrogens with zero attached hydrogens (tertiary/aromatic N) is 2. The van der Waals surface area contributed by atoms with E-state index in [2.05, 4.69) is 240 Å². The Morgan fingerprint density at radius 1 is 0.317 bits per heavy atom. The molecule has 0 saturated carbocycles. The van der Waals surface area contributed by atoms with E-state index in [0.29, 0.717) is 0 Å². The van der Waals surface area contributed by atoms with Crippen molar-refractivity contribution in [2.24, 2.45) is 0 Å². The van der Waals surface area contributed by atoms with Crippen LogP contribution >= 0.6 is 0 Å². The molecule has 0 N–H and O–H groups in total. The summed E-state index contributed by atoms with van der Waals surface area (Å²) in [5.74, 6) is 0. The molecule has 0 unspecified atom stereocenters. The van der Waals surface area contributed by atoms with Crippen LogP contribution < -0.4 is 4.90 Å². The monoisotopic (exact) mass is 804 g/mol. The number of anilines is 3. The molecule has 296 valence electrons. The zero-order valence-electron chi connectivity index (χ0n) is 34.4. The molecule has 2 heterocycles. The minimum absolute atomic E-state index is 0.894. The molecule has 0 aliphatic heterocycles. The first-order valence-corrected chi connectivity index (χ1v) is 21.5. The van der Waals surface area contributed by atoms with Crippen molar-refractivity contribution in [2.45, 2.75) is 0 Å².